The second-order valence-corrected chi connectivity index (χ2v) is 8.66. The van der Waals surface area contributed by atoms with Crippen molar-refractivity contribution in [1.82, 2.24) is 14.8 Å². The Kier molecular flexibility index (Phi) is 6.09. The van der Waals surface area contributed by atoms with E-state index in [1.54, 1.807) is 0 Å². The summed E-state index contributed by atoms with van der Waals surface area (Å²) in [6, 6.07) is 11.8. The average molecular weight is 422 g/mol. The second kappa shape index (κ2) is 9.28. The van der Waals surface area contributed by atoms with Crippen LogP contribution in [-0.2, 0) is 0 Å². The minimum Gasteiger partial charge on any atom is -0.492 e. The molecule has 6 nitrogen and oxygen atoms in total. The van der Waals surface area contributed by atoms with Crippen LogP contribution in [0.1, 0.15) is 25.7 Å². The molecule has 2 aromatic carbocycles. The number of aromatic amines is 1. The molecule has 0 saturated carbocycles. The number of H-pyrrole nitrogens is 1. The molecular formula is C25H31N3O3. The summed E-state index contributed by atoms with van der Waals surface area (Å²) in [5.74, 6) is 1.54. The zero-order valence-electron chi connectivity index (χ0n) is 18.1. The Labute approximate surface area is 182 Å². The Balaban J connectivity index is 1.29. The standard InChI is InChI=1S/C25H31N3O3/c29-25-23-17-19(30-15-13-27-9-1-2-10-27)5-7-21(23)22-8-6-20(18-24(22)26-25)31-16-14-28-11-3-4-12-28/h5-8,17-18H,1-4,9-16H2,(H,26,29). The smallest absolute Gasteiger partial charge is 0.256 e. The molecule has 2 fully saturated rings. The van der Waals surface area contributed by atoms with Gasteiger partial charge < -0.3 is 14.5 Å². The highest BCUT2D eigenvalue weighted by atomic mass is 16.5. The van der Waals surface area contributed by atoms with Gasteiger partial charge in [0.1, 0.15) is 24.7 Å². The lowest BCUT2D eigenvalue weighted by Crippen LogP contribution is -2.25. The van der Waals surface area contributed by atoms with Crippen molar-refractivity contribution in [2.75, 3.05) is 52.5 Å². The maximum absolute atomic E-state index is 12.8. The van der Waals surface area contributed by atoms with Crippen molar-refractivity contribution in [2.24, 2.45) is 0 Å². The first-order chi connectivity index (χ1) is 15.3. The molecule has 2 aliphatic rings. The molecule has 0 bridgehead atoms. The van der Waals surface area contributed by atoms with Crippen molar-refractivity contribution >= 4 is 21.7 Å². The quantitative estimate of drug-likeness (QED) is 0.563. The summed E-state index contributed by atoms with van der Waals surface area (Å²) in [5, 5.41) is 2.62. The van der Waals surface area contributed by atoms with E-state index in [0.29, 0.717) is 18.6 Å². The van der Waals surface area contributed by atoms with Crippen LogP contribution in [0.15, 0.2) is 41.2 Å². The first-order valence-electron chi connectivity index (χ1n) is 11.6. The largest absolute Gasteiger partial charge is 0.492 e. The molecule has 0 atom stereocenters. The number of likely N-dealkylation sites (tertiary alicyclic amines) is 2. The highest BCUT2D eigenvalue weighted by molar-refractivity contribution is 6.05. The van der Waals surface area contributed by atoms with Crippen molar-refractivity contribution < 1.29 is 9.47 Å². The highest BCUT2D eigenvalue weighted by Gasteiger charge is 2.13. The van der Waals surface area contributed by atoms with Crippen molar-refractivity contribution in [3.05, 3.63) is 46.8 Å². The number of ether oxygens (including phenoxy) is 2. The van der Waals surface area contributed by atoms with E-state index >= 15 is 0 Å². The Hall–Kier alpha value is -2.57. The molecule has 2 saturated heterocycles. The zero-order valence-corrected chi connectivity index (χ0v) is 18.1. The van der Waals surface area contributed by atoms with Crippen molar-refractivity contribution in [1.29, 1.82) is 0 Å². The summed E-state index contributed by atoms with van der Waals surface area (Å²) in [6.07, 6.45) is 5.14. The SMILES string of the molecule is O=c1[nH]c2cc(OCCN3CCCC3)ccc2c2ccc(OCCN3CCCC3)cc12. The fraction of sp³-hybridized carbons (Fsp3) is 0.480. The number of hydrogen-bond acceptors (Lipinski definition) is 5. The number of nitrogens with zero attached hydrogens (tertiary/aromatic N) is 2. The molecule has 1 aromatic heterocycles. The van der Waals surface area contributed by atoms with Crippen LogP contribution >= 0.6 is 0 Å². The number of aromatic nitrogens is 1. The van der Waals surface area contributed by atoms with E-state index in [-0.39, 0.29) is 5.56 Å². The summed E-state index contributed by atoms with van der Waals surface area (Å²) in [7, 11) is 0. The van der Waals surface area contributed by atoms with E-state index in [0.717, 1.165) is 54.0 Å². The Morgan fingerprint density at radius 2 is 1.26 bits per heavy atom. The normalized spacial score (nSPS) is 17.7. The minimum atomic E-state index is -0.0956. The van der Waals surface area contributed by atoms with Crippen LogP contribution in [-0.4, -0.2) is 67.3 Å². The van der Waals surface area contributed by atoms with Gasteiger partial charge in [-0.3, -0.25) is 14.6 Å². The minimum absolute atomic E-state index is 0.0956. The maximum Gasteiger partial charge on any atom is 0.256 e. The van der Waals surface area contributed by atoms with E-state index in [4.69, 9.17) is 9.47 Å². The highest BCUT2D eigenvalue weighted by Crippen LogP contribution is 2.27. The lowest BCUT2D eigenvalue weighted by atomic mass is 10.1. The van der Waals surface area contributed by atoms with Gasteiger partial charge in [0.15, 0.2) is 0 Å². The first-order valence-corrected chi connectivity index (χ1v) is 11.6. The summed E-state index contributed by atoms with van der Waals surface area (Å²) in [5.41, 5.74) is 0.709. The fourth-order valence-electron chi connectivity index (χ4n) is 4.77. The van der Waals surface area contributed by atoms with Crippen LogP contribution in [0.2, 0.25) is 0 Å². The summed E-state index contributed by atoms with van der Waals surface area (Å²) < 4.78 is 11.9. The topological polar surface area (TPSA) is 57.8 Å². The molecule has 6 heteroatoms. The van der Waals surface area contributed by atoms with Gasteiger partial charge in [0.2, 0.25) is 0 Å². The molecule has 1 N–H and O–H groups in total. The monoisotopic (exact) mass is 421 g/mol. The Bertz CT molecular complexity index is 1100. The van der Waals surface area contributed by atoms with Gasteiger partial charge in [0.05, 0.1) is 10.9 Å². The third kappa shape index (κ3) is 4.70. The van der Waals surface area contributed by atoms with Gasteiger partial charge in [-0.05, 0) is 87.6 Å². The van der Waals surface area contributed by atoms with E-state index in [1.165, 1.54) is 38.8 Å². The van der Waals surface area contributed by atoms with Crippen LogP contribution in [0.5, 0.6) is 11.5 Å². The van der Waals surface area contributed by atoms with Crippen LogP contribution in [0.3, 0.4) is 0 Å². The maximum atomic E-state index is 12.8. The number of nitrogens with one attached hydrogen (secondary N) is 1. The molecule has 3 aromatic rings. The summed E-state index contributed by atoms with van der Waals surface area (Å²) in [6.45, 7) is 7.87. The van der Waals surface area contributed by atoms with Crippen LogP contribution < -0.4 is 15.0 Å². The number of fused-ring (bicyclic) bond motifs is 3. The third-order valence-corrected chi connectivity index (χ3v) is 6.51. The molecule has 0 aliphatic carbocycles. The van der Waals surface area contributed by atoms with E-state index in [9.17, 15) is 4.79 Å². The Morgan fingerprint density at radius 1 is 0.710 bits per heavy atom. The van der Waals surface area contributed by atoms with Crippen LogP contribution in [0, 0.1) is 0 Å². The van der Waals surface area contributed by atoms with Crippen LogP contribution in [0.25, 0.3) is 21.7 Å². The molecule has 0 unspecified atom stereocenters. The van der Waals surface area contributed by atoms with Gasteiger partial charge in [-0.15, -0.1) is 0 Å². The number of pyridine rings is 1. The van der Waals surface area contributed by atoms with E-state index in [1.807, 2.05) is 36.4 Å². The fourth-order valence-corrected chi connectivity index (χ4v) is 4.77. The third-order valence-electron chi connectivity index (χ3n) is 6.51. The van der Waals surface area contributed by atoms with Crippen molar-refractivity contribution in [2.45, 2.75) is 25.7 Å². The molecule has 31 heavy (non-hydrogen) atoms. The second-order valence-electron chi connectivity index (χ2n) is 8.66. The van der Waals surface area contributed by atoms with Gasteiger partial charge >= 0.3 is 0 Å². The molecule has 0 radical (unpaired) electrons. The average Bonchev–Trinajstić information content (AvgIpc) is 3.48. The van der Waals surface area contributed by atoms with Gasteiger partial charge in [-0.1, -0.05) is 0 Å². The summed E-state index contributed by atoms with van der Waals surface area (Å²) >= 11 is 0. The van der Waals surface area contributed by atoms with Crippen LogP contribution in [0.4, 0.5) is 0 Å². The zero-order chi connectivity index (χ0) is 21.0. The first kappa shape index (κ1) is 20.3. The molecule has 0 spiro atoms. The van der Waals surface area contributed by atoms with E-state index < -0.39 is 0 Å². The lowest BCUT2D eigenvalue weighted by Gasteiger charge is -2.15. The number of rotatable bonds is 8. The molecule has 2 aliphatic heterocycles. The Morgan fingerprint density at radius 3 is 1.87 bits per heavy atom. The molecule has 3 heterocycles. The van der Waals surface area contributed by atoms with E-state index in [2.05, 4.69) is 14.8 Å². The summed E-state index contributed by atoms with van der Waals surface area (Å²) in [4.78, 5) is 20.6. The molecule has 164 valence electrons. The van der Waals surface area contributed by atoms with Gasteiger partial charge in [0.25, 0.3) is 5.56 Å². The van der Waals surface area contributed by atoms with Gasteiger partial charge in [-0.2, -0.15) is 0 Å². The number of hydrogen-bond donors (Lipinski definition) is 1. The lowest BCUT2D eigenvalue weighted by molar-refractivity contribution is 0.238. The number of benzene rings is 2. The predicted octanol–water partition coefficient (Wildman–Crippen LogP) is 3.63. The van der Waals surface area contributed by atoms with Gasteiger partial charge in [0, 0.05) is 24.5 Å². The van der Waals surface area contributed by atoms with Gasteiger partial charge in [-0.25, -0.2) is 0 Å². The molecule has 0 amide bonds. The van der Waals surface area contributed by atoms with Crippen molar-refractivity contribution in [3.8, 4) is 11.5 Å². The molecular weight excluding hydrogens is 390 g/mol. The predicted molar refractivity (Wildman–Crippen MR) is 124 cm³/mol. The molecule has 5 rings (SSSR count). The van der Waals surface area contributed by atoms with Crippen molar-refractivity contribution in [3.63, 3.8) is 0 Å².